The van der Waals surface area contributed by atoms with Crippen molar-refractivity contribution in [3.8, 4) is 5.19 Å². The zero-order chi connectivity index (χ0) is 8.97. The standard InChI is InChI=1S/C8H9NO2S/c1-6(10)3-4-7-5-9-8(11-2)12-7/h3-5H,1-2H3. The number of hydrogen-bond acceptors (Lipinski definition) is 4. The smallest absolute Gasteiger partial charge is 0.273 e. The average Bonchev–Trinajstić information content (AvgIpc) is 2.48. The van der Waals surface area contributed by atoms with Crippen LogP contribution in [-0.4, -0.2) is 17.9 Å². The molecule has 1 rings (SSSR count). The lowest BCUT2D eigenvalue weighted by molar-refractivity contribution is -0.112. The average molecular weight is 183 g/mol. The SMILES string of the molecule is COc1ncc(C=CC(C)=O)s1. The van der Waals surface area contributed by atoms with E-state index in [0.717, 1.165) is 4.88 Å². The van der Waals surface area contributed by atoms with Crippen LogP contribution >= 0.6 is 11.3 Å². The molecule has 0 saturated carbocycles. The van der Waals surface area contributed by atoms with E-state index in [2.05, 4.69) is 4.98 Å². The lowest BCUT2D eigenvalue weighted by atomic mass is 10.4. The van der Waals surface area contributed by atoms with E-state index in [-0.39, 0.29) is 5.78 Å². The van der Waals surface area contributed by atoms with Crippen LogP contribution in [0.25, 0.3) is 6.08 Å². The molecule has 0 spiro atoms. The Morgan fingerprint density at radius 2 is 2.50 bits per heavy atom. The van der Waals surface area contributed by atoms with Gasteiger partial charge < -0.3 is 4.74 Å². The fourth-order valence-electron chi connectivity index (χ4n) is 0.641. The molecule has 0 aliphatic carbocycles. The van der Waals surface area contributed by atoms with Crippen LogP contribution in [0.2, 0.25) is 0 Å². The molecule has 1 heterocycles. The van der Waals surface area contributed by atoms with Gasteiger partial charge >= 0.3 is 0 Å². The second-order valence-electron chi connectivity index (χ2n) is 2.18. The molecule has 0 aromatic carbocycles. The van der Waals surface area contributed by atoms with Crippen molar-refractivity contribution in [3.63, 3.8) is 0 Å². The minimum Gasteiger partial charge on any atom is -0.473 e. The summed E-state index contributed by atoms with van der Waals surface area (Å²) in [5.74, 6) is 0.0300. The van der Waals surface area contributed by atoms with Crippen molar-refractivity contribution in [2.24, 2.45) is 0 Å². The number of methoxy groups -OCH3 is 1. The Hall–Kier alpha value is -1.16. The zero-order valence-electron chi connectivity index (χ0n) is 6.90. The van der Waals surface area contributed by atoms with E-state index in [1.54, 1.807) is 19.4 Å². The molecule has 0 fully saturated rings. The monoisotopic (exact) mass is 183 g/mol. The van der Waals surface area contributed by atoms with Crippen LogP contribution < -0.4 is 4.74 Å². The molecule has 64 valence electrons. The Morgan fingerprint density at radius 3 is 3.00 bits per heavy atom. The third kappa shape index (κ3) is 2.47. The summed E-state index contributed by atoms with van der Waals surface area (Å²) in [6.07, 6.45) is 4.90. The fourth-order valence-corrected chi connectivity index (χ4v) is 1.27. The summed E-state index contributed by atoms with van der Waals surface area (Å²) in [5.41, 5.74) is 0. The van der Waals surface area contributed by atoms with Crippen molar-refractivity contribution in [1.82, 2.24) is 4.98 Å². The second kappa shape index (κ2) is 4.01. The molecule has 4 heteroatoms. The Morgan fingerprint density at radius 1 is 1.75 bits per heavy atom. The molecule has 0 unspecified atom stereocenters. The number of carbonyl (C=O) groups excluding carboxylic acids is 1. The van der Waals surface area contributed by atoms with Gasteiger partial charge in [0.05, 0.1) is 12.0 Å². The first-order chi connectivity index (χ1) is 5.72. The second-order valence-corrected chi connectivity index (χ2v) is 3.20. The van der Waals surface area contributed by atoms with Gasteiger partial charge in [-0.1, -0.05) is 11.3 Å². The van der Waals surface area contributed by atoms with Gasteiger partial charge in [-0.05, 0) is 19.1 Å². The Balaban J connectivity index is 2.70. The van der Waals surface area contributed by atoms with Crippen molar-refractivity contribution in [2.45, 2.75) is 6.92 Å². The van der Waals surface area contributed by atoms with Crippen molar-refractivity contribution in [2.75, 3.05) is 7.11 Å². The Kier molecular flexibility index (Phi) is 2.99. The van der Waals surface area contributed by atoms with Gasteiger partial charge in [-0.2, -0.15) is 0 Å². The number of thiazole rings is 1. The van der Waals surface area contributed by atoms with E-state index >= 15 is 0 Å². The number of hydrogen-bond donors (Lipinski definition) is 0. The third-order valence-electron chi connectivity index (χ3n) is 1.16. The van der Waals surface area contributed by atoms with Gasteiger partial charge in [0.1, 0.15) is 0 Å². The summed E-state index contributed by atoms with van der Waals surface area (Å²) < 4.78 is 4.89. The molecule has 0 atom stereocenters. The summed E-state index contributed by atoms with van der Waals surface area (Å²) in [4.78, 5) is 15.4. The number of nitrogens with zero attached hydrogens (tertiary/aromatic N) is 1. The maximum Gasteiger partial charge on any atom is 0.273 e. The number of allylic oxidation sites excluding steroid dienone is 1. The minimum atomic E-state index is 0.0300. The van der Waals surface area contributed by atoms with Crippen LogP contribution in [0.15, 0.2) is 12.3 Å². The summed E-state index contributed by atoms with van der Waals surface area (Å²) >= 11 is 1.40. The van der Waals surface area contributed by atoms with Crippen LogP contribution in [0.3, 0.4) is 0 Å². The minimum absolute atomic E-state index is 0.0300. The van der Waals surface area contributed by atoms with Gasteiger partial charge in [0.25, 0.3) is 5.19 Å². The first-order valence-electron chi connectivity index (χ1n) is 3.41. The van der Waals surface area contributed by atoms with Crippen LogP contribution in [0, 0.1) is 0 Å². The van der Waals surface area contributed by atoms with E-state index in [1.165, 1.54) is 24.3 Å². The van der Waals surface area contributed by atoms with Crippen LogP contribution in [-0.2, 0) is 4.79 Å². The largest absolute Gasteiger partial charge is 0.473 e. The van der Waals surface area contributed by atoms with Gasteiger partial charge in [0.15, 0.2) is 5.78 Å². The molecule has 0 aliphatic rings. The maximum absolute atomic E-state index is 10.6. The van der Waals surface area contributed by atoms with E-state index in [4.69, 9.17) is 4.74 Å². The zero-order valence-corrected chi connectivity index (χ0v) is 7.72. The highest BCUT2D eigenvalue weighted by atomic mass is 32.1. The lowest BCUT2D eigenvalue weighted by Gasteiger charge is -1.85. The highest BCUT2D eigenvalue weighted by Crippen LogP contribution is 2.20. The van der Waals surface area contributed by atoms with Crippen LogP contribution in [0.5, 0.6) is 5.19 Å². The van der Waals surface area contributed by atoms with E-state index in [1.807, 2.05) is 0 Å². The number of rotatable bonds is 3. The van der Waals surface area contributed by atoms with E-state index in [9.17, 15) is 4.79 Å². The summed E-state index contributed by atoms with van der Waals surface area (Å²) in [6, 6.07) is 0. The van der Waals surface area contributed by atoms with Crippen molar-refractivity contribution >= 4 is 23.2 Å². The molecule has 12 heavy (non-hydrogen) atoms. The first kappa shape index (κ1) is 8.93. The van der Waals surface area contributed by atoms with Gasteiger partial charge in [-0.25, -0.2) is 4.98 Å². The van der Waals surface area contributed by atoms with Crippen molar-refractivity contribution in [1.29, 1.82) is 0 Å². The molecule has 0 bridgehead atoms. The number of ketones is 1. The molecule has 0 aliphatic heterocycles. The number of aromatic nitrogens is 1. The molecule has 1 aromatic rings. The molecular formula is C8H9NO2S. The van der Waals surface area contributed by atoms with Crippen molar-refractivity contribution < 1.29 is 9.53 Å². The van der Waals surface area contributed by atoms with Gasteiger partial charge in [0.2, 0.25) is 0 Å². The summed E-state index contributed by atoms with van der Waals surface area (Å²) in [5, 5.41) is 0.609. The maximum atomic E-state index is 10.6. The van der Waals surface area contributed by atoms with Gasteiger partial charge in [0, 0.05) is 6.20 Å². The molecule has 0 radical (unpaired) electrons. The third-order valence-corrected chi connectivity index (χ3v) is 2.08. The predicted octanol–water partition coefficient (Wildman–Crippen LogP) is 1.75. The first-order valence-corrected chi connectivity index (χ1v) is 4.22. The Bertz CT molecular complexity index is 304. The number of carbonyl (C=O) groups is 1. The topological polar surface area (TPSA) is 39.2 Å². The molecule has 0 saturated heterocycles. The van der Waals surface area contributed by atoms with Crippen LogP contribution in [0.4, 0.5) is 0 Å². The van der Waals surface area contributed by atoms with Crippen molar-refractivity contribution in [3.05, 3.63) is 17.2 Å². The predicted molar refractivity (Wildman–Crippen MR) is 48.4 cm³/mol. The fraction of sp³-hybridized carbons (Fsp3) is 0.250. The van der Waals surface area contributed by atoms with Gasteiger partial charge in [-0.15, -0.1) is 0 Å². The summed E-state index contributed by atoms with van der Waals surface area (Å²) in [6.45, 7) is 1.51. The number of ether oxygens (including phenoxy) is 1. The molecular weight excluding hydrogens is 174 g/mol. The van der Waals surface area contributed by atoms with E-state index in [0.29, 0.717) is 5.19 Å². The quantitative estimate of drug-likeness (QED) is 0.670. The molecule has 0 amide bonds. The van der Waals surface area contributed by atoms with Crippen LogP contribution in [0.1, 0.15) is 11.8 Å². The summed E-state index contributed by atoms with van der Waals surface area (Å²) in [7, 11) is 1.57. The molecule has 3 nitrogen and oxygen atoms in total. The Labute approximate surface area is 74.7 Å². The molecule has 0 N–H and O–H groups in total. The normalized spacial score (nSPS) is 10.5. The lowest BCUT2D eigenvalue weighted by Crippen LogP contribution is -1.77. The highest BCUT2D eigenvalue weighted by molar-refractivity contribution is 7.14. The van der Waals surface area contributed by atoms with Gasteiger partial charge in [-0.3, -0.25) is 4.79 Å². The highest BCUT2D eigenvalue weighted by Gasteiger charge is 1.96. The van der Waals surface area contributed by atoms with E-state index < -0.39 is 0 Å². The molecule has 1 aromatic heterocycles.